The van der Waals surface area contributed by atoms with Gasteiger partial charge in [0.1, 0.15) is 18.0 Å². The number of nitro benzene ring substituents is 1. The number of benzene rings is 3. The molecule has 5 heterocycles. The second-order valence-electron chi connectivity index (χ2n) is 20.2. The molecule has 17 nitrogen and oxygen atoms in total. The molecule has 5 aromatic rings. The fraction of sp³-hybridized carbons (Fsp3) is 0.480. The first-order valence-electron chi connectivity index (χ1n) is 23.9. The molecule has 3 aromatic carbocycles. The highest BCUT2D eigenvalue weighted by Gasteiger charge is 2.50. The van der Waals surface area contributed by atoms with Gasteiger partial charge in [-0.25, -0.2) is 13.1 Å². The predicted molar refractivity (Wildman–Crippen MR) is 257 cm³/mol. The number of H-pyrrole nitrogens is 1. The van der Waals surface area contributed by atoms with Gasteiger partial charge >= 0.3 is 0 Å². The summed E-state index contributed by atoms with van der Waals surface area (Å²) in [5.74, 6) is 5.22. The number of pyridine rings is 1. The topological polar surface area (TPSA) is 228 Å². The number of likely N-dealkylation sites (tertiary alicyclic amines) is 1. The van der Waals surface area contributed by atoms with E-state index >= 15 is 0 Å². The summed E-state index contributed by atoms with van der Waals surface area (Å²) >= 11 is 0. The van der Waals surface area contributed by atoms with Crippen molar-refractivity contribution < 1.29 is 37.6 Å². The van der Waals surface area contributed by atoms with Crippen molar-refractivity contribution in [1.29, 1.82) is 0 Å². The van der Waals surface area contributed by atoms with E-state index in [1.165, 1.54) is 48.9 Å². The molecule has 2 atom stereocenters. The lowest BCUT2D eigenvalue weighted by molar-refractivity contribution is -0.384. The molecule has 1 amide bonds. The number of nitrogens with zero attached hydrogens (tertiary/aromatic N) is 4. The number of nitrogens with two attached hydrogens (primary N) is 1. The van der Waals surface area contributed by atoms with Crippen LogP contribution in [0, 0.1) is 21.4 Å². The maximum Gasteiger partial charge on any atom is 0.297 e. The minimum Gasteiger partial charge on any atom is -0.489 e. The number of fused-ring (bicyclic) bond motifs is 2. The van der Waals surface area contributed by atoms with Crippen LogP contribution in [0.4, 0.5) is 17.1 Å². The van der Waals surface area contributed by atoms with Crippen LogP contribution in [-0.2, 0) is 10.0 Å². The minimum atomic E-state index is -4.71. The van der Waals surface area contributed by atoms with E-state index in [9.17, 15) is 28.4 Å². The Hall–Kier alpha value is -5.95. The molecule has 0 bridgehead atoms. The highest BCUT2D eigenvalue weighted by Crippen LogP contribution is 2.54. The number of carbonyl (C=O) groups is 1. The largest absolute Gasteiger partial charge is 0.489 e. The molecule has 0 unspecified atom stereocenters. The zero-order chi connectivity index (χ0) is 47.5. The number of amides is 1. The van der Waals surface area contributed by atoms with Gasteiger partial charge in [0.05, 0.1) is 27.0 Å². The minimum absolute atomic E-state index is 0.0187. The maximum absolute atomic E-state index is 14.2. The summed E-state index contributed by atoms with van der Waals surface area (Å²) in [5, 5.41) is 26.8. The third-order valence-electron chi connectivity index (χ3n) is 15.5. The van der Waals surface area contributed by atoms with E-state index < -0.39 is 37.0 Å². The van der Waals surface area contributed by atoms with Crippen LogP contribution in [0.25, 0.3) is 11.0 Å². The van der Waals surface area contributed by atoms with Crippen LogP contribution in [0.15, 0.2) is 77.8 Å². The van der Waals surface area contributed by atoms with Crippen LogP contribution in [0.1, 0.15) is 118 Å². The van der Waals surface area contributed by atoms with Gasteiger partial charge in [0.2, 0.25) is 0 Å². The van der Waals surface area contributed by atoms with Crippen molar-refractivity contribution >= 4 is 44.0 Å². The first-order valence-corrected chi connectivity index (χ1v) is 25.4. The van der Waals surface area contributed by atoms with Gasteiger partial charge in [0.15, 0.2) is 17.2 Å². The first kappa shape index (κ1) is 45.8. The number of carbonyl (C=O) groups excluding carboxylic acids is 1. The number of anilines is 2. The molecule has 360 valence electrons. The SMILES string of the molecule is CC(C)c1ccccc1[C@H]1CCCN1C1CC2(CCN(c3ccc(C(=O)NS(=O)(=O)c4cc5c(c([N+](=O)[O-])c4)N[C@@H](C4CCC(C)(O)CC4)CO5)c(Oc4cc5cc[nH]c5nc4ON)c3)CC2)C1. The van der Waals surface area contributed by atoms with Gasteiger partial charge in [0, 0.05) is 60.6 Å². The van der Waals surface area contributed by atoms with E-state index in [1.807, 2.05) is 0 Å². The lowest BCUT2D eigenvalue weighted by Crippen LogP contribution is -2.54. The number of nitro groups is 1. The molecule has 1 spiro atoms. The van der Waals surface area contributed by atoms with E-state index in [0.717, 1.165) is 44.2 Å². The van der Waals surface area contributed by atoms with Crippen molar-refractivity contribution in [3.63, 3.8) is 0 Å². The normalized spacial score (nSPS) is 24.0. The number of nitrogens with one attached hydrogen (secondary N) is 3. The number of sulfonamides is 1. The average Bonchev–Trinajstić information content (AvgIpc) is 3.99. The maximum atomic E-state index is 14.2. The third-order valence-corrected chi connectivity index (χ3v) is 16.8. The number of hydrogen-bond donors (Lipinski definition) is 5. The Balaban J connectivity index is 0.875. The van der Waals surface area contributed by atoms with Crippen LogP contribution in [0.5, 0.6) is 23.1 Å². The van der Waals surface area contributed by atoms with Gasteiger partial charge in [-0.05, 0) is 130 Å². The van der Waals surface area contributed by atoms with Crippen LogP contribution >= 0.6 is 0 Å². The van der Waals surface area contributed by atoms with Crippen LogP contribution in [0.2, 0.25) is 0 Å². The Bertz CT molecular complexity index is 2840. The predicted octanol–water partition coefficient (Wildman–Crippen LogP) is 8.46. The molecular weight excluding hydrogens is 889 g/mol. The molecule has 3 aliphatic heterocycles. The number of aromatic amines is 1. The lowest BCUT2D eigenvalue weighted by Gasteiger charge is -2.56. The number of rotatable bonds is 12. The Morgan fingerprint density at radius 3 is 2.51 bits per heavy atom. The summed E-state index contributed by atoms with van der Waals surface area (Å²) in [5.41, 5.74) is 3.15. The summed E-state index contributed by atoms with van der Waals surface area (Å²) in [4.78, 5) is 43.0. The number of ether oxygens (including phenoxy) is 2. The highest BCUT2D eigenvalue weighted by atomic mass is 32.2. The van der Waals surface area contributed by atoms with Gasteiger partial charge < -0.3 is 34.6 Å². The second-order valence-corrected chi connectivity index (χ2v) is 21.9. The van der Waals surface area contributed by atoms with E-state index in [1.54, 1.807) is 37.4 Å². The lowest BCUT2D eigenvalue weighted by atomic mass is 9.59. The zero-order valence-electron chi connectivity index (χ0n) is 38.7. The Kier molecular flexibility index (Phi) is 12.0. The van der Waals surface area contributed by atoms with Crippen molar-refractivity contribution in [2.45, 2.75) is 120 Å². The standard InChI is InChI=1S/C50H60N8O9S/c1-30(2)36-7-4-5-8-37(36)40-9-6-20-57(40)34-27-50(28-34)17-21-56(22-18-50)33-10-11-38(42(24-33)66-44-23-32-14-19-52-46(32)54-48(44)67-51)47(59)55-68(63,64)35-25-41(58(61)62)45-43(26-35)65-29-39(53-45)31-12-15-49(3,60)16-13-31/h4-5,7-8,10-11,14,19,23-26,30-31,34,39-40,53,60H,6,9,12-13,15-18,20-22,27-29,51H2,1-3H3,(H,52,54)(H,55,59)/t31?,39-,40-,49?/m1/s1. The molecule has 2 saturated carbocycles. The second kappa shape index (κ2) is 17.9. The van der Waals surface area contributed by atoms with Crippen molar-refractivity contribution in [1.82, 2.24) is 19.6 Å². The molecule has 4 fully saturated rings. The summed E-state index contributed by atoms with van der Waals surface area (Å²) in [7, 11) is -4.71. The summed E-state index contributed by atoms with van der Waals surface area (Å²) in [6.45, 7) is 9.21. The van der Waals surface area contributed by atoms with Gasteiger partial charge in [-0.2, -0.15) is 10.9 Å². The molecule has 18 heteroatoms. The van der Waals surface area contributed by atoms with Crippen molar-refractivity contribution in [3.8, 4) is 23.1 Å². The monoisotopic (exact) mass is 948 g/mol. The molecule has 0 radical (unpaired) electrons. The van der Waals surface area contributed by atoms with Crippen molar-refractivity contribution in [3.05, 3.63) is 99.7 Å². The number of aliphatic hydroxyl groups is 1. The number of hydrogen-bond acceptors (Lipinski definition) is 14. The summed E-state index contributed by atoms with van der Waals surface area (Å²) < 4.78 is 42.5. The van der Waals surface area contributed by atoms with Crippen LogP contribution in [0.3, 0.4) is 0 Å². The number of aromatic nitrogens is 2. The fourth-order valence-corrected chi connectivity index (χ4v) is 12.6. The molecule has 10 rings (SSSR count). The van der Waals surface area contributed by atoms with Crippen LogP contribution < -0.4 is 35.1 Å². The van der Waals surface area contributed by atoms with E-state index in [4.69, 9.17) is 20.2 Å². The van der Waals surface area contributed by atoms with Crippen LogP contribution in [-0.4, -0.2) is 83.1 Å². The molecule has 5 aliphatic rings. The molecule has 2 saturated heterocycles. The Labute approximate surface area is 395 Å². The third kappa shape index (κ3) is 8.82. The molecule has 2 aromatic heterocycles. The molecular formula is C50H60N8O9S. The van der Waals surface area contributed by atoms with Gasteiger partial charge in [-0.3, -0.25) is 19.8 Å². The number of piperidine rings is 1. The van der Waals surface area contributed by atoms with E-state index in [0.29, 0.717) is 54.7 Å². The average molecular weight is 949 g/mol. The molecule has 6 N–H and O–H groups in total. The van der Waals surface area contributed by atoms with Gasteiger partial charge in [0.25, 0.3) is 27.5 Å². The first-order chi connectivity index (χ1) is 32.6. The van der Waals surface area contributed by atoms with Gasteiger partial charge in [-0.15, -0.1) is 0 Å². The Morgan fingerprint density at radius 2 is 1.78 bits per heavy atom. The van der Waals surface area contributed by atoms with Gasteiger partial charge in [-0.1, -0.05) is 38.1 Å². The Morgan fingerprint density at radius 1 is 1.01 bits per heavy atom. The summed E-state index contributed by atoms with van der Waals surface area (Å²) in [6.07, 6.45) is 11.0. The molecule has 68 heavy (non-hydrogen) atoms. The molecule has 2 aliphatic carbocycles. The highest BCUT2D eigenvalue weighted by molar-refractivity contribution is 7.90. The summed E-state index contributed by atoms with van der Waals surface area (Å²) in [6, 6.07) is 20.2. The zero-order valence-corrected chi connectivity index (χ0v) is 39.5. The fourth-order valence-electron chi connectivity index (χ4n) is 11.6. The smallest absolute Gasteiger partial charge is 0.297 e. The quantitative estimate of drug-likeness (QED) is 0.0584. The van der Waals surface area contributed by atoms with Crippen molar-refractivity contribution in [2.75, 3.05) is 36.5 Å². The van der Waals surface area contributed by atoms with E-state index in [2.05, 4.69) is 67.9 Å². The van der Waals surface area contributed by atoms with E-state index in [-0.39, 0.29) is 58.4 Å². The van der Waals surface area contributed by atoms with Crippen molar-refractivity contribution in [2.24, 2.45) is 17.2 Å².